The Morgan fingerprint density at radius 1 is 1.20 bits per heavy atom. The fraction of sp³-hybridized carbons (Fsp3) is 0.214. The lowest BCUT2D eigenvalue weighted by atomic mass is 10.2. The summed E-state index contributed by atoms with van der Waals surface area (Å²) in [5.41, 5.74) is 0.926. The number of imide groups is 1. The Morgan fingerprint density at radius 2 is 1.90 bits per heavy atom. The predicted molar refractivity (Wildman–Crippen MR) is 68.6 cm³/mol. The first-order valence-corrected chi connectivity index (χ1v) is 5.93. The first-order chi connectivity index (χ1) is 9.58. The fourth-order valence-electron chi connectivity index (χ4n) is 1.68. The van der Waals surface area contributed by atoms with E-state index in [2.05, 4.69) is 5.32 Å². The van der Waals surface area contributed by atoms with Gasteiger partial charge in [0.25, 0.3) is 11.8 Å². The summed E-state index contributed by atoms with van der Waals surface area (Å²) in [6.45, 7) is 0.103. The Labute approximate surface area is 115 Å². The van der Waals surface area contributed by atoms with E-state index in [1.54, 1.807) is 31.4 Å². The van der Waals surface area contributed by atoms with Crippen LogP contribution in [0.15, 0.2) is 35.9 Å². The van der Waals surface area contributed by atoms with Gasteiger partial charge in [0.05, 0.1) is 13.5 Å². The molecule has 0 unspecified atom stereocenters. The number of benzene rings is 1. The second-order valence-corrected chi connectivity index (χ2v) is 4.17. The number of ether oxygens (including phenoxy) is 2. The zero-order valence-corrected chi connectivity index (χ0v) is 10.8. The molecule has 20 heavy (non-hydrogen) atoms. The third kappa shape index (κ3) is 3.44. The van der Waals surface area contributed by atoms with Gasteiger partial charge in [0.15, 0.2) is 0 Å². The molecular weight excluding hydrogens is 262 g/mol. The highest BCUT2D eigenvalue weighted by Gasteiger charge is 2.23. The van der Waals surface area contributed by atoms with Crippen molar-refractivity contribution in [2.75, 3.05) is 7.11 Å². The number of rotatable bonds is 5. The lowest BCUT2D eigenvalue weighted by molar-refractivity contribution is -0.144. The van der Waals surface area contributed by atoms with E-state index in [1.165, 1.54) is 0 Å². The standard InChI is InChI=1S/C14H13NO5/c1-19-11-4-2-9(3-5-11)8-20-13(17)7-10-6-12(16)15-14(10)18/h2-6H,7-8H2,1H3,(H,15,16,18). The summed E-state index contributed by atoms with van der Waals surface area (Å²) in [5, 5.41) is 2.07. The molecule has 0 radical (unpaired) electrons. The van der Waals surface area contributed by atoms with Crippen molar-refractivity contribution < 1.29 is 23.9 Å². The minimum absolute atomic E-state index is 0.103. The Hall–Kier alpha value is -2.63. The molecule has 0 spiro atoms. The maximum Gasteiger partial charge on any atom is 0.310 e. The first-order valence-electron chi connectivity index (χ1n) is 5.93. The van der Waals surface area contributed by atoms with Crippen LogP contribution in [0.25, 0.3) is 0 Å². The lowest BCUT2D eigenvalue weighted by Gasteiger charge is -2.05. The molecule has 0 fully saturated rings. The van der Waals surface area contributed by atoms with Crippen LogP contribution in [0, 0.1) is 0 Å². The van der Waals surface area contributed by atoms with E-state index in [0.29, 0.717) is 5.75 Å². The molecule has 2 rings (SSSR count). The van der Waals surface area contributed by atoms with Gasteiger partial charge in [0.1, 0.15) is 12.4 Å². The minimum Gasteiger partial charge on any atom is -0.497 e. The first kappa shape index (κ1) is 13.8. The highest BCUT2D eigenvalue weighted by molar-refractivity contribution is 6.17. The van der Waals surface area contributed by atoms with Gasteiger partial charge in [0, 0.05) is 11.6 Å². The molecule has 0 bridgehead atoms. The predicted octanol–water partition coefficient (Wildman–Crippen LogP) is 0.711. The average Bonchev–Trinajstić information content (AvgIpc) is 2.75. The van der Waals surface area contributed by atoms with Gasteiger partial charge in [-0.05, 0) is 17.7 Å². The van der Waals surface area contributed by atoms with Gasteiger partial charge in [-0.15, -0.1) is 0 Å². The summed E-state index contributed by atoms with van der Waals surface area (Å²) >= 11 is 0. The van der Waals surface area contributed by atoms with Crippen LogP contribution in [0.2, 0.25) is 0 Å². The number of carbonyl (C=O) groups excluding carboxylic acids is 3. The zero-order chi connectivity index (χ0) is 14.5. The zero-order valence-electron chi connectivity index (χ0n) is 10.8. The molecule has 0 saturated heterocycles. The smallest absolute Gasteiger partial charge is 0.310 e. The third-order valence-electron chi connectivity index (χ3n) is 2.73. The van der Waals surface area contributed by atoms with E-state index in [9.17, 15) is 14.4 Å². The Balaban J connectivity index is 1.84. The average molecular weight is 275 g/mol. The maximum atomic E-state index is 11.6. The van der Waals surface area contributed by atoms with E-state index in [4.69, 9.17) is 9.47 Å². The molecule has 1 aliphatic rings. The summed E-state index contributed by atoms with van der Waals surface area (Å²) < 4.78 is 10.0. The summed E-state index contributed by atoms with van der Waals surface area (Å²) in [6, 6.07) is 7.07. The van der Waals surface area contributed by atoms with Gasteiger partial charge in [-0.3, -0.25) is 19.7 Å². The highest BCUT2D eigenvalue weighted by Crippen LogP contribution is 2.13. The molecule has 6 heteroatoms. The molecule has 6 nitrogen and oxygen atoms in total. The number of carbonyl (C=O) groups is 3. The van der Waals surface area contributed by atoms with Gasteiger partial charge in [-0.25, -0.2) is 0 Å². The second-order valence-electron chi connectivity index (χ2n) is 4.17. The van der Waals surface area contributed by atoms with Crippen LogP contribution in [0.1, 0.15) is 12.0 Å². The molecule has 1 N–H and O–H groups in total. The second kappa shape index (κ2) is 6.01. The summed E-state index contributed by atoms with van der Waals surface area (Å²) in [6.07, 6.45) is 0.894. The van der Waals surface area contributed by atoms with Crippen LogP contribution in [-0.2, 0) is 25.7 Å². The largest absolute Gasteiger partial charge is 0.497 e. The molecule has 1 aromatic carbocycles. The maximum absolute atomic E-state index is 11.6. The summed E-state index contributed by atoms with van der Waals surface area (Å²) in [5.74, 6) is -0.896. The fourth-order valence-corrected chi connectivity index (χ4v) is 1.68. The molecule has 0 atom stereocenters. The normalized spacial score (nSPS) is 13.8. The van der Waals surface area contributed by atoms with E-state index in [1.807, 2.05) is 0 Å². The van der Waals surface area contributed by atoms with E-state index >= 15 is 0 Å². The molecule has 0 aliphatic carbocycles. The molecule has 2 amide bonds. The van der Waals surface area contributed by atoms with E-state index in [0.717, 1.165) is 11.6 Å². The number of hydrogen-bond acceptors (Lipinski definition) is 5. The van der Waals surface area contributed by atoms with Crippen LogP contribution in [0.5, 0.6) is 5.75 Å². The van der Waals surface area contributed by atoms with Gasteiger partial charge in [-0.1, -0.05) is 12.1 Å². The van der Waals surface area contributed by atoms with E-state index < -0.39 is 17.8 Å². The van der Waals surface area contributed by atoms with Crippen molar-refractivity contribution >= 4 is 17.8 Å². The number of amides is 2. The monoisotopic (exact) mass is 275 g/mol. The van der Waals surface area contributed by atoms with Gasteiger partial charge in [-0.2, -0.15) is 0 Å². The SMILES string of the molecule is COc1ccc(COC(=O)CC2=CC(=O)NC2=O)cc1. The quantitative estimate of drug-likeness (QED) is 0.632. The molecule has 104 valence electrons. The van der Waals surface area contributed by atoms with E-state index in [-0.39, 0.29) is 18.6 Å². The number of hydrogen-bond donors (Lipinski definition) is 1. The molecule has 1 aliphatic heterocycles. The number of esters is 1. The van der Waals surface area contributed by atoms with Crippen molar-refractivity contribution in [2.45, 2.75) is 13.0 Å². The van der Waals surface area contributed by atoms with Crippen LogP contribution in [-0.4, -0.2) is 24.9 Å². The Kier molecular flexibility index (Phi) is 4.14. The van der Waals surface area contributed by atoms with Crippen molar-refractivity contribution in [1.82, 2.24) is 5.32 Å². The number of nitrogens with one attached hydrogen (secondary N) is 1. The van der Waals surface area contributed by atoms with Crippen LogP contribution in [0.3, 0.4) is 0 Å². The Morgan fingerprint density at radius 3 is 2.45 bits per heavy atom. The summed E-state index contributed by atoms with van der Waals surface area (Å²) in [7, 11) is 1.57. The van der Waals surface area contributed by atoms with Crippen molar-refractivity contribution in [3.05, 3.63) is 41.5 Å². The van der Waals surface area contributed by atoms with Crippen molar-refractivity contribution in [3.8, 4) is 5.75 Å². The molecular formula is C14H13NO5. The van der Waals surface area contributed by atoms with Crippen LogP contribution < -0.4 is 10.1 Å². The topological polar surface area (TPSA) is 81.7 Å². The highest BCUT2D eigenvalue weighted by atomic mass is 16.5. The van der Waals surface area contributed by atoms with Crippen molar-refractivity contribution in [2.24, 2.45) is 0 Å². The molecule has 1 heterocycles. The van der Waals surface area contributed by atoms with Gasteiger partial charge in [0.2, 0.25) is 0 Å². The lowest BCUT2D eigenvalue weighted by Crippen LogP contribution is -2.23. The third-order valence-corrected chi connectivity index (χ3v) is 2.73. The van der Waals surface area contributed by atoms with Gasteiger partial charge < -0.3 is 9.47 Å². The van der Waals surface area contributed by atoms with Crippen molar-refractivity contribution in [3.63, 3.8) is 0 Å². The van der Waals surface area contributed by atoms with Crippen LogP contribution in [0.4, 0.5) is 0 Å². The molecule has 0 saturated carbocycles. The number of methoxy groups -OCH3 is 1. The summed E-state index contributed by atoms with van der Waals surface area (Å²) in [4.78, 5) is 33.7. The Bertz CT molecular complexity index is 574. The molecule has 0 aromatic heterocycles. The van der Waals surface area contributed by atoms with Crippen LogP contribution >= 0.6 is 0 Å². The van der Waals surface area contributed by atoms with Crippen molar-refractivity contribution in [1.29, 1.82) is 0 Å². The van der Waals surface area contributed by atoms with Gasteiger partial charge >= 0.3 is 5.97 Å². The minimum atomic E-state index is -0.558. The molecule has 1 aromatic rings.